The van der Waals surface area contributed by atoms with Crippen molar-refractivity contribution in [2.45, 2.75) is 26.4 Å². The van der Waals surface area contributed by atoms with Crippen LogP contribution < -0.4 is 0 Å². The van der Waals surface area contributed by atoms with Crippen molar-refractivity contribution in [3.05, 3.63) is 28.2 Å². The van der Waals surface area contributed by atoms with E-state index in [4.69, 9.17) is 0 Å². The predicted molar refractivity (Wildman–Crippen MR) is 87.5 cm³/mol. The first-order valence-electron chi connectivity index (χ1n) is 7.90. The van der Waals surface area contributed by atoms with Gasteiger partial charge in [-0.1, -0.05) is 29.8 Å². The summed E-state index contributed by atoms with van der Waals surface area (Å²) >= 11 is 3.51. The molecular weight excluding hydrogens is 344 g/mol. The van der Waals surface area contributed by atoms with Crippen molar-refractivity contribution in [3.63, 3.8) is 0 Å². The Kier molecular flexibility index (Phi) is 3.04. The fourth-order valence-corrected chi connectivity index (χ4v) is 5.28. The Bertz CT molecular complexity index is 644. The summed E-state index contributed by atoms with van der Waals surface area (Å²) in [6.45, 7) is 7.44. The largest absolute Gasteiger partial charge is 0.508 e. The first kappa shape index (κ1) is 14.7. The summed E-state index contributed by atoms with van der Waals surface area (Å²) in [5.41, 5.74) is 0.462. The van der Waals surface area contributed by atoms with E-state index in [1.165, 1.54) is 0 Å². The van der Waals surface area contributed by atoms with Gasteiger partial charge in [-0.15, -0.1) is 0 Å². The van der Waals surface area contributed by atoms with E-state index in [1.54, 1.807) is 6.07 Å². The summed E-state index contributed by atoms with van der Waals surface area (Å²) in [7, 11) is 0. The van der Waals surface area contributed by atoms with E-state index in [-0.39, 0.29) is 17.0 Å². The number of ketones is 1. The molecule has 1 N–H and O–H groups in total. The van der Waals surface area contributed by atoms with Gasteiger partial charge in [0.25, 0.3) is 0 Å². The Balaban J connectivity index is 1.78. The number of halogens is 1. The molecule has 1 aromatic rings. The van der Waals surface area contributed by atoms with Gasteiger partial charge in [0.2, 0.25) is 0 Å². The third kappa shape index (κ3) is 1.79. The average Bonchev–Trinajstić information content (AvgIpc) is 2.46. The van der Waals surface area contributed by atoms with E-state index in [2.05, 4.69) is 39.6 Å². The zero-order chi connectivity index (χ0) is 15.7. The maximum atomic E-state index is 12.9. The molecule has 2 unspecified atom stereocenters. The normalized spacial score (nSPS) is 42.9. The van der Waals surface area contributed by atoms with Crippen LogP contribution in [0.4, 0.5) is 0 Å². The number of phenols is 1. The molecule has 22 heavy (non-hydrogen) atoms. The standard InChI is InChI=1S/C17H21BrN2O2/c1-3-17-9-19-7-16(2,15(17)22)8-20(10-17)14(19)12-6-11(18)4-5-13(12)21/h4-6,14,21H,3,7-10H2,1-2H3. The van der Waals surface area contributed by atoms with Gasteiger partial charge in [-0.05, 0) is 24.6 Å². The average molecular weight is 365 g/mol. The van der Waals surface area contributed by atoms with Crippen molar-refractivity contribution in [2.75, 3.05) is 26.2 Å². The number of phenolic OH excluding ortho intramolecular Hbond substituents is 1. The molecule has 2 atom stereocenters. The van der Waals surface area contributed by atoms with Gasteiger partial charge in [0, 0.05) is 36.2 Å². The number of hydrogen-bond donors (Lipinski definition) is 1. The second-order valence-electron chi connectivity index (χ2n) is 7.41. The van der Waals surface area contributed by atoms with Gasteiger partial charge in [-0.2, -0.15) is 0 Å². The van der Waals surface area contributed by atoms with Crippen molar-refractivity contribution in [2.24, 2.45) is 10.8 Å². The van der Waals surface area contributed by atoms with Crippen molar-refractivity contribution in [1.82, 2.24) is 9.80 Å². The molecule has 0 aromatic heterocycles. The molecule has 4 aliphatic rings. The minimum Gasteiger partial charge on any atom is -0.508 e. The SMILES string of the molecule is CCC12CN3CC(C)(CN(C1)C3c1cc(Br)ccc1O)C2=O. The molecule has 4 heterocycles. The molecular formula is C17H21BrN2O2. The number of carbonyl (C=O) groups is 1. The van der Waals surface area contributed by atoms with Gasteiger partial charge in [-0.25, -0.2) is 0 Å². The number of aromatic hydroxyl groups is 1. The van der Waals surface area contributed by atoms with Crippen LogP contribution in [0.1, 0.15) is 32.0 Å². The molecule has 0 amide bonds. The van der Waals surface area contributed by atoms with Gasteiger partial charge < -0.3 is 5.11 Å². The lowest BCUT2D eigenvalue weighted by atomic mass is 9.60. The van der Waals surface area contributed by atoms with Crippen molar-refractivity contribution >= 4 is 21.7 Å². The Morgan fingerprint density at radius 2 is 1.91 bits per heavy atom. The Hall–Kier alpha value is -0.910. The van der Waals surface area contributed by atoms with E-state index >= 15 is 0 Å². The van der Waals surface area contributed by atoms with Crippen LogP contribution in [-0.4, -0.2) is 46.9 Å². The predicted octanol–water partition coefficient (Wildman–Crippen LogP) is 2.77. The molecule has 0 spiro atoms. The molecule has 0 aliphatic carbocycles. The quantitative estimate of drug-likeness (QED) is 0.876. The highest BCUT2D eigenvalue weighted by molar-refractivity contribution is 9.10. The maximum Gasteiger partial charge on any atom is 0.150 e. The Morgan fingerprint density at radius 1 is 1.27 bits per heavy atom. The Labute approximate surface area is 139 Å². The second kappa shape index (κ2) is 4.56. The molecule has 4 aliphatic heterocycles. The van der Waals surface area contributed by atoms with Gasteiger partial charge >= 0.3 is 0 Å². The molecule has 1 aromatic carbocycles. The molecule has 0 radical (unpaired) electrons. The van der Waals surface area contributed by atoms with Gasteiger partial charge in [-0.3, -0.25) is 14.6 Å². The number of rotatable bonds is 2. The summed E-state index contributed by atoms with van der Waals surface area (Å²) in [5, 5.41) is 10.3. The van der Waals surface area contributed by atoms with Crippen LogP contribution in [0.15, 0.2) is 22.7 Å². The van der Waals surface area contributed by atoms with Gasteiger partial charge in [0.15, 0.2) is 0 Å². The summed E-state index contributed by atoms with van der Waals surface area (Å²) in [4.78, 5) is 17.7. The maximum absolute atomic E-state index is 12.9. The minimum atomic E-state index is -0.259. The molecule has 4 fully saturated rings. The minimum absolute atomic E-state index is 0.0818. The first-order chi connectivity index (χ1) is 10.4. The van der Waals surface area contributed by atoms with Gasteiger partial charge in [0.1, 0.15) is 11.5 Å². The van der Waals surface area contributed by atoms with Crippen LogP contribution >= 0.6 is 15.9 Å². The molecule has 4 saturated heterocycles. The summed E-state index contributed by atoms with van der Waals surface area (Å²) < 4.78 is 0.976. The van der Waals surface area contributed by atoms with Crippen LogP contribution in [-0.2, 0) is 4.79 Å². The molecule has 0 saturated carbocycles. The number of Topliss-reactive ketones (excluding diaryl/α,β-unsaturated/α-hetero) is 1. The van der Waals surface area contributed by atoms with Crippen LogP contribution in [0.2, 0.25) is 0 Å². The molecule has 5 heteroatoms. The zero-order valence-electron chi connectivity index (χ0n) is 13.0. The van der Waals surface area contributed by atoms with Crippen LogP contribution in [0.5, 0.6) is 5.75 Å². The molecule has 118 valence electrons. The second-order valence-corrected chi connectivity index (χ2v) is 8.33. The summed E-state index contributed by atoms with van der Waals surface area (Å²) in [5.74, 6) is 0.787. The molecule has 5 rings (SSSR count). The monoisotopic (exact) mass is 364 g/mol. The van der Waals surface area contributed by atoms with Crippen LogP contribution in [0, 0.1) is 10.8 Å². The third-order valence-corrected chi connectivity index (χ3v) is 6.28. The highest BCUT2D eigenvalue weighted by atomic mass is 79.9. The van der Waals surface area contributed by atoms with Crippen LogP contribution in [0.25, 0.3) is 0 Å². The van der Waals surface area contributed by atoms with E-state index < -0.39 is 0 Å². The lowest BCUT2D eigenvalue weighted by Crippen LogP contribution is -2.75. The number of carbonyl (C=O) groups excluding carboxylic acids is 1. The van der Waals surface area contributed by atoms with Crippen molar-refractivity contribution < 1.29 is 9.90 Å². The highest BCUT2D eigenvalue weighted by Crippen LogP contribution is 2.54. The van der Waals surface area contributed by atoms with Gasteiger partial charge in [0.05, 0.1) is 17.0 Å². The summed E-state index contributed by atoms with van der Waals surface area (Å²) in [6.07, 6.45) is 0.976. The number of nitrogens with zero attached hydrogens (tertiary/aromatic N) is 2. The van der Waals surface area contributed by atoms with Crippen LogP contribution in [0.3, 0.4) is 0 Å². The fraction of sp³-hybridized carbons (Fsp3) is 0.588. The fourth-order valence-electron chi connectivity index (χ4n) is 4.90. The van der Waals surface area contributed by atoms with Crippen molar-refractivity contribution in [3.8, 4) is 5.75 Å². The van der Waals surface area contributed by atoms with E-state index in [0.29, 0.717) is 11.5 Å². The van der Waals surface area contributed by atoms with Crippen molar-refractivity contribution in [1.29, 1.82) is 0 Å². The zero-order valence-corrected chi connectivity index (χ0v) is 14.6. The Morgan fingerprint density at radius 3 is 2.50 bits per heavy atom. The lowest BCUT2D eigenvalue weighted by molar-refractivity contribution is -0.200. The van der Waals surface area contributed by atoms with E-state index in [0.717, 1.165) is 42.6 Å². The lowest BCUT2D eigenvalue weighted by Gasteiger charge is -2.65. The molecule has 4 nitrogen and oxygen atoms in total. The third-order valence-electron chi connectivity index (χ3n) is 5.78. The van der Waals surface area contributed by atoms with E-state index in [1.807, 2.05) is 12.1 Å². The topological polar surface area (TPSA) is 43.8 Å². The number of piperidine rings is 2. The summed E-state index contributed by atoms with van der Waals surface area (Å²) in [6, 6.07) is 5.61. The highest BCUT2D eigenvalue weighted by Gasteiger charge is 2.63. The smallest absolute Gasteiger partial charge is 0.150 e. The first-order valence-corrected chi connectivity index (χ1v) is 8.69. The molecule has 4 bridgehead atoms. The number of hydrogen-bond acceptors (Lipinski definition) is 4. The van der Waals surface area contributed by atoms with E-state index in [9.17, 15) is 9.90 Å². The number of benzene rings is 1.